The van der Waals surface area contributed by atoms with Gasteiger partial charge in [-0.2, -0.15) is 0 Å². The van der Waals surface area contributed by atoms with Crippen LogP contribution in [0.2, 0.25) is 0 Å². The van der Waals surface area contributed by atoms with E-state index in [2.05, 4.69) is 24.1 Å². The predicted molar refractivity (Wildman–Crippen MR) is 98.0 cm³/mol. The van der Waals surface area contributed by atoms with Gasteiger partial charge in [0, 0.05) is 25.2 Å². The first kappa shape index (κ1) is 17.9. The molecule has 1 aromatic rings. The van der Waals surface area contributed by atoms with Gasteiger partial charge in [0.25, 0.3) is 0 Å². The minimum absolute atomic E-state index is 0.0324. The van der Waals surface area contributed by atoms with Crippen LogP contribution in [0, 0.1) is 11.3 Å². The number of rotatable bonds is 5. The highest BCUT2D eigenvalue weighted by molar-refractivity contribution is 5.96. The molecule has 2 amide bonds. The molecule has 0 aromatic carbocycles. The highest BCUT2D eigenvalue weighted by Crippen LogP contribution is 2.47. The lowest BCUT2D eigenvalue weighted by atomic mass is 9.64. The Morgan fingerprint density at radius 3 is 2.92 bits per heavy atom. The number of hydrogen-bond acceptors (Lipinski definition) is 3. The number of nitrogens with zero attached hydrogens (tertiary/aromatic N) is 2. The molecular weight excluding hydrogens is 314 g/mol. The molecule has 0 radical (unpaired) electrons. The number of carbonyl (C=O) groups is 2. The van der Waals surface area contributed by atoms with E-state index in [1.807, 2.05) is 23.1 Å². The minimum Gasteiger partial charge on any atom is -0.339 e. The number of aromatic nitrogens is 1. The van der Waals surface area contributed by atoms with Crippen molar-refractivity contribution in [2.24, 2.45) is 11.3 Å². The molecular formula is C20H29N3O2. The fourth-order valence-electron chi connectivity index (χ4n) is 4.35. The van der Waals surface area contributed by atoms with Crippen LogP contribution < -0.4 is 5.32 Å². The fourth-order valence-corrected chi connectivity index (χ4v) is 4.35. The Hall–Kier alpha value is -1.91. The molecule has 2 heterocycles. The second-order valence-corrected chi connectivity index (χ2v) is 7.86. The van der Waals surface area contributed by atoms with E-state index in [0.29, 0.717) is 24.6 Å². The Morgan fingerprint density at radius 1 is 1.36 bits per heavy atom. The molecule has 3 rings (SSSR count). The number of carbonyl (C=O) groups excluding carboxylic acids is 2. The second kappa shape index (κ2) is 7.54. The lowest BCUT2D eigenvalue weighted by Crippen LogP contribution is -2.60. The number of hydrogen-bond donors (Lipinski definition) is 1. The molecule has 2 fully saturated rings. The van der Waals surface area contributed by atoms with E-state index in [1.54, 1.807) is 6.20 Å². The van der Waals surface area contributed by atoms with Gasteiger partial charge >= 0.3 is 0 Å². The third-order valence-electron chi connectivity index (χ3n) is 5.78. The summed E-state index contributed by atoms with van der Waals surface area (Å²) in [7, 11) is 0. The molecule has 2 aliphatic rings. The van der Waals surface area contributed by atoms with Gasteiger partial charge in [0.05, 0.1) is 5.41 Å². The van der Waals surface area contributed by atoms with Crippen LogP contribution in [0.5, 0.6) is 0 Å². The molecule has 1 aromatic heterocycles. The molecule has 1 aliphatic carbocycles. The molecule has 5 heteroatoms. The highest BCUT2D eigenvalue weighted by Gasteiger charge is 2.53. The van der Waals surface area contributed by atoms with Crippen LogP contribution in [0.4, 0.5) is 5.82 Å². The van der Waals surface area contributed by atoms with E-state index in [1.165, 1.54) is 0 Å². The first-order valence-corrected chi connectivity index (χ1v) is 9.55. The van der Waals surface area contributed by atoms with E-state index < -0.39 is 5.41 Å². The van der Waals surface area contributed by atoms with Gasteiger partial charge in [-0.1, -0.05) is 32.8 Å². The van der Waals surface area contributed by atoms with Gasteiger partial charge in [-0.05, 0) is 43.7 Å². The standard InChI is InChI=1S/C20H29N3O2/c1-15(2)10-14-23-16-7-3-5-11-20(16,12-9-18(23)24)19(25)22-17-8-4-6-13-21-17/h4,6,8,13,15-16H,3,5,7,9-12,14H2,1-2H3,(H,21,22,25)/t16-,20-/m0/s1. The minimum atomic E-state index is -0.458. The summed E-state index contributed by atoms with van der Waals surface area (Å²) in [5.41, 5.74) is -0.458. The van der Waals surface area contributed by atoms with Crippen LogP contribution in [0.3, 0.4) is 0 Å². The fraction of sp³-hybridized carbons (Fsp3) is 0.650. The van der Waals surface area contributed by atoms with Crippen LogP contribution >= 0.6 is 0 Å². The van der Waals surface area contributed by atoms with Gasteiger partial charge in [0.1, 0.15) is 5.82 Å². The van der Waals surface area contributed by atoms with Crippen molar-refractivity contribution < 1.29 is 9.59 Å². The normalized spacial score (nSPS) is 26.4. The number of pyridine rings is 1. The number of likely N-dealkylation sites (tertiary alicyclic amines) is 1. The van der Waals surface area contributed by atoms with Crippen LogP contribution in [-0.4, -0.2) is 34.3 Å². The number of nitrogens with one attached hydrogen (secondary N) is 1. The highest BCUT2D eigenvalue weighted by atomic mass is 16.2. The summed E-state index contributed by atoms with van der Waals surface area (Å²) in [6.07, 6.45) is 7.75. The van der Waals surface area contributed by atoms with Crippen LogP contribution in [0.25, 0.3) is 0 Å². The molecule has 0 spiro atoms. The molecule has 1 aliphatic heterocycles. The molecule has 2 atom stereocenters. The number of piperidine rings is 1. The van der Waals surface area contributed by atoms with Crippen molar-refractivity contribution in [3.05, 3.63) is 24.4 Å². The van der Waals surface area contributed by atoms with Crippen molar-refractivity contribution in [2.75, 3.05) is 11.9 Å². The van der Waals surface area contributed by atoms with Gasteiger partial charge in [-0.15, -0.1) is 0 Å². The van der Waals surface area contributed by atoms with Crippen molar-refractivity contribution in [1.82, 2.24) is 9.88 Å². The number of fused-ring (bicyclic) bond motifs is 1. The zero-order valence-electron chi connectivity index (χ0n) is 15.3. The van der Waals surface area contributed by atoms with E-state index in [9.17, 15) is 9.59 Å². The molecule has 25 heavy (non-hydrogen) atoms. The lowest BCUT2D eigenvalue weighted by Gasteiger charge is -2.51. The molecule has 1 saturated heterocycles. The molecule has 136 valence electrons. The molecule has 1 saturated carbocycles. The maximum Gasteiger partial charge on any atom is 0.233 e. The average molecular weight is 343 g/mol. The summed E-state index contributed by atoms with van der Waals surface area (Å²) in [6, 6.07) is 5.56. The Labute approximate surface area is 150 Å². The Balaban J connectivity index is 1.82. The van der Waals surface area contributed by atoms with E-state index >= 15 is 0 Å². The predicted octanol–water partition coefficient (Wildman–Crippen LogP) is 3.62. The summed E-state index contributed by atoms with van der Waals surface area (Å²) in [6.45, 7) is 5.12. The maximum absolute atomic E-state index is 13.2. The van der Waals surface area contributed by atoms with E-state index in [-0.39, 0.29) is 17.9 Å². The quantitative estimate of drug-likeness (QED) is 0.888. The monoisotopic (exact) mass is 343 g/mol. The van der Waals surface area contributed by atoms with E-state index in [0.717, 1.165) is 38.6 Å². The zero-order valence-corrected chi connectivity index (χ0v) is 15.3. The summed E-state index contributed by atoms with van der Waals surface area (Å²) < 4.78 is 0. The van der Waals surface area contributed by atoms with Gasteiger partial charge in [0.2, 0.25) is 11.8 Å². The van der Waals surface area contributed by atoms with Crippen molar-refractivity contribution in [2.45, 2.75) is 64.8 Å². The molecule has 1 N–H and O–H groups in total. The lowest BCUT2D eigenvalue weighted by molar-refractivity contribution is -0.152. The topological polar surface area (TPSA) is 62.3 Å². The summed E-state index contributed by atoms with van der Waals surface area (Å²) in [4.78, 5) is 32.0. The maximum atomic E-state index is 13.2. The van der Waals surface area contributed by atoms with Crippen molar-refractivity contribution >= 4 is 17.6 Å². The molecule has 0 unspecified atom stereocenters. The Kier molecular flexibility index (Phi) is 5.40. The van der Waals surface area contributed by atoms with Crippen LogP contribution in [-0.2, 0) is 9.59 Å². The first-order valence-electron chi connectivity index (χ1n) is 9.55. The molecule has 5 nitrogen and oxygen atoms in total. The van der Waals surface area contributed by atoms with Gasteiger partial charge in [0.15, 0.2) is 0 Å². The van der Waals surface area contributed by atoms with Gasteiger partial charge < -0.3 is 10.2 Å². The third-order valence-corrected chi connectivity index (χ3v) is 5.78. The first-order chi connectivity index (χ1) is 12.0. The SMILES string of the molecule is CC(C)CCN1C(=O)CC[C@@]2(C(=O)Nc3ccccn3)CCCC[C@H]12. The van der Waals surface area contributed by atoms with Crippen molar-refractivity contribution in [1.29, 1.82) is 0 Å². The third kappa shape index (κ3) is 3.70. The summed E-state index contributed by atoms with van der Waals surface area (Å²) in [5, 5.41) is 3.01. The van der Waals surface area contributed by atoms with Crippen molar-refractivity contribution in [3.8, 4) is 0 Å². The number of anilines is 1. The van der Waals surface area contributed by atoms with Crippen LogP contribution in [0.1, 0.15) is 58.8 Å². The van der Waals surface area contributed by atoms with Gasteiger partial charge in [-0.3, -0.25) is 9.59 Å². The van der Waals surface area contributed by atoms with E-state index in [4.69, 9.17) is 0 Å². The van der Waals surface area contributed by atoms with Gasteiger partial charge in [-0.25, -0.2) is 4.98 Å². The Bertz CT molecular complexity index is 617. The smallest absolute Gasteiger partial charge is 0.233 e. The summed E-state index contributed by atoms with van der Waals surface area (Å²) in [5.74, 6) is 1.40. The van der Waals surface area contributed by atoms with Crippen molar-refractivity contribution in [3.63, 3.8) is 0 Å². The largest absolute Gasteiger partial charge is 0.339 e. The molecule has 0 bridgehead atoms. The average Bonchev–Trinajstić information content (AvgIpc) is 2.61. The number of amides is 2. The second-order valence-electron chi connectivity index (χ2n) is 7.86. The zero-order chi connectivity index (χ0) is 17.9. The summed E-state index contributed by atoms with van der Waals surface area (Å²) >= 11 is 0. The Morgan fingerprint density at radius 2 is 2.20 bits per heavy atom. The van der Waals surface area contributed by atoms with Crippen LogP contribution in [0.15, 0.2) is 24.4 Å².